The fourth-order valence-corrected chi connectivity index (χ4v) is 3.00. The number of esters is 1. The van der Waals surface area contributed by atoms with Crippen molar-refractivity contribution in [2.45, 2.75) is 31.5 Å². The lowest BCUT2D eigenvalue weighted by Crippen LogP contribution is -2.46. The summed E-state index contributed by atoms with van der Waals surface area (Å²) in [6.45, 7) is 1.95. The molecule has 0 aromatic heterocycles. The molecule has 1 heterocycles. The van der Waals surface area contributed by atoms with E-state index in [0.717, 1.165) is 24.9 Å². The van der Waals surface area contributed by atoms with E-state index in [9.17, 15) is 4.79 Å². The van der Waals surface area contributed by atoms with Gasteiger partial charge < -0.3 is 9.47 Å². The molecule has 0 unspecified atom stereocenters. The minimum Gasteiger partial charge on any atom is -0.468 e. The third kappa shape index (κ3) is 4.43. The Bertz CT molecular complexity index is 440. The number of ether oxygens (including phenoxy) is 2. The Kier molecular flexibility index (Phi) is 6.49. The van der Waals surface area contributed by atoms with Gasteiger partial charge in [0.05, 0.1) is 20.3 Å². The van der Waals surface area contributed by atoms with Crippen molar-refractivity contribution in [3.05, 3.63) is 35.9 Å². The molecule has 4 nitrogen and oxygen atoms in total. The number of carbonyl (C=O) groups excluding carboxylic acids is 1. The van der Waals surface area contributed by atoms with Crippen LogP contribution in [0.3, 0.4) is 0 Å². The number of hydrogen-bond donors (Lipinski definition) is 0. The van der Waals surface area contributed by atoms with Gasteiger partial charge in [-0.15, -0.1) is 11.6 Å². The number of hydrogen-bond acceptors (Lipinski definition) is 4. The second-order valence-corrected chi connectivity index (χ2v) is 5.54. The monoisotopic (exact) mass is 311 g/mol. The molecule has 0 amide bonds. The molecule has 1 fully saturated rings. The van der Waals surface area contributed by atoms with E-state index in [0.29, 0.717) is 19.1 Å². The standard InChI is InChI=1S/C16H22ClNO3/c1-20-16(19)15-8-5-9-18(15)14(10-17)12-21-11-13-6-3-2-4-7-13/h2-4,6-7,14-15H,5,8-12H2,1H3/t14-,15+/m0/s1. The van der Waals surface area contributed by atoms with Crippen molar-refractivity contribution < 1.29 is 14.3 Å². The highest BCUT2D eigenvalue weighted by atomic mass is 35.5. The summed E-state index contributed by atoms with van der Waals surface area (Å²) < 4.78 is 10.6. The van der Waals surface area contributed by atoms with Crippen molar-refractivity contribution in [2.75, 3.05) is 26.1 Å². The average molecular weight is 312 g/mol. The van der Waals surface area contributed by atoms with Gasteiger partial charge in [0.1, 0.15) is 6.04 Å². The van der Waals surface area contributed by atoms with Gasteiger partial charge in [0.2, 0.25) is 0 Å². The molecule has 1 aliphatic heterocycles. The van der Waals surface area contributed by atoms with Crippen molar-refractivity contribution in [3.63, 3.8) is 0 Å². The molecule has 0 bridgehead atoms. The summed E-state index contributed by atoms with van der Waals surface area (Å²) in [5.74, 6) is 0.271. The average Bonchev–Trinajstić information content (AvgIpc) is 3.01. The Hall–Kier alpha value is -1.10. The number of rotatable bonds is 7. The van der Waals surface area contributed by atoms with Crippen LogP contribution in [0.15, 0.2) is 30.3 Å². The second kappa shape index (κ2) is 8.37. The van der Waals surface area contributed by atoms with Gasteiger partial charge in [-0.1, -0.05) is 30.3 Å². The fraction of sp³-hybridized carbons (Fsp3) is 0.562. The Morgan fingerprint density at radius 1 is 1.43 bits per heavy atom. The number of carbonyl (C=O) groups is 1. The Morgan fingerprint density at radius 3 is 2.86 bits per heavy atom. The van der Waals surface area contributed by atoms with E-state index in [1.54, 1.807) is 0 Å². The molecule has 21 heavy (non-hydrogen) atoms. The molecule has 1 saturated heterocycles. The van der Waals surface area contributed by atoms with Crippen LogP contribution in [0.2, 0.25) is 0 Å². The van der Waals surface area contributed by atoms with Crippen LogP contribution < -0.4 is 0 Å². The van der Waals surface area contributed by atoms with Crippen molar-refractivity contribution >= 4 is 17.6 Å². The number of nitrogens with zero attached hydrogens (tertiary/aromatic N) is 1. The van der Waals surface area contributed by atoms with Crippen molar-refractivity contribution in [2.24, 2.45) is 0 Å². The van der Waals surface area contributed by atoms with Crippen LogP contribution in [0.5, 0.6) is 0 Å². The van der Waals surface area contributed by atoms with Gasteiger partial charge in [-0.25, -0.2) is 0 Å². The Balaban J connectivity index is 1.86. The Labute approximate surface area is 131 Å². The zero-order valence-electron chi connectivity index (χ0n) is 12.3. The number of alkyl halides is 1. The summed E-state index contributed by atoms with van der Waals surface area (Å²) >= 11 is 6.07. The third-order valence-corrected chi connectivity index (χ3v) is 4.19. The van der Waals surface area contributed by atoms with E-state index >= 15 is 0 Å². The summed E-state index contributed by atoms with van der Waals surface area (Å²) in [7, 11) is 1.43. The number of methoxy groups -OCH3 is 1. The molecule has 2 atom stereocenters. The molecule has 2 rings (SSSR count). The first-order valence-corrected chi connectivity index (χ1v) is 7.81. The highest BCUT2D eigenvalue weighted by Gasteiger charge is 2.35. The van der Waals surface area contributed by atoms with Gasteiger partial charge in [-0.05, 0) is 24.9 Å². The summed E-state index contributed by atoms with van der Waals surface area (Å²) in [6.07, 6.45) is 1.82. The zero-order chi connectivity index (χ0) is 15.1. The third-order valence-electron chi connectivity index (χ3n) is 3.84. The van der Waals surface area contributed by atoms with Gasteiger partial charge in [0.15, 0.2) is 0 Å². The first-order valence-electron chi connectivity index (χ1n) is 7.27. The lowest BCUT2D eigenvalue weighted by atomic mass is 10.2. The molecule has 1 aliphatic rings. The van der Waals surface area contributed by atoms with Gasteiger partial charge >= 0.3 is 5.97 Å². The molecule has 1 aromatic carbocycles. The first-order chi connectivity index (χ1) is 10.3. The smallest absolute Gasteiger partial charge is 0.323 e. The molecule has 0 saturated carbocycles. The van der Waals surface area contributed by atoms with Crippen LogP contribution in [0, 0.1) is 0 Å². The quantitative estimate of drug-likeness (QED) is 0.573. The van der Waals surface area contributed by atoms with E-state index in [2.05, 4.69) is 4.90 Å². The maximum Gasteiger partial charge on any atom is 0.323 e. The Morgan fingerprint density at radius 2 is 2.19 bits per heavy atom. The van der Waals surface area contributed by atoms with Crippen molar-refractivity contribution in [1.82, 2.24) is 4.90 Å². The van der Waals surface area contributed by atoms with Crippen LogP contribution in [0.25, 0.3) is 0 Å². The van der Waals surface area contributed by atoms with Crippen LogP contribution >= 0.6 is 11.6 Å². The molecule has 0 N–H and O–H groups in total. The summed E-state index contributed by atoms with van der Waals surface area (Å²) in [6, 6.07) is 9.89. The van der Waals surface area contributed by atoms with Crippen LogP contribution in [0.1, 0.15) is 18.4 Å². The van der Waals surface area contributed by atoms with E-state index < -0.39 is 0 Å². The first kappa shape index (κ1) is 16.3. The maximum absolute atomic E-state index is 11.8. The van der Waals surface area contributed by atoms with Crippen LogP contribution in [0.4, 0.5) is 0 Å². The number of likely N-dealkylation sites (tertiary alicyclic amines) is 1. The van der Waals surface area contributed by atoms with E-state index in [-0.39, 0.29) is 18.1 Å². The molecular formula is C16H22ClNO3. The fourth-order valence-electron chi connectivity index (χ4n) is 2.73. The molecule has 5 heteroatoms. The molecule has 1 aromatic rings. The highest BCUT2D eigenvalue weighted by Crippen LogP contribution is 2.22. The predicted molar refractivity (Wildman–Crippen MR) is 82.4 cm³/mol. The summed E-state index contributed by atoms with van der Waals surface area (Å²) in [4.78, 5) is 13.9. The molecule has 0 radical (unpaired) electrons. The molecule has 116 valence electrons. The summed E-state index contributed by atoms with van der Waals surface area (Å²) in [5.41, 5.74) is 1.14. The SMILES string of the molecule is COC(=O)[C@H]1CCCN1[C@@H](CCl)COCc1ccccc1. The van der Waals surface area contributed by atoms with Crippen molar-refractivity contribution in [3.8, 4) is 0 Å². The van der Waals surface area contributed by atoms with E-state index in [1.165, 1.54) is 7.11 Å². The molecular weight excluding hydrogens is 290 g/mol. The number of benzene rings is 1. The normalized spacial score (nSPS) is 20.4. The lowest BCUT2D eigenvalue weighted by molar-refractivity contribution is -0.147. The van der Waals surface area contributed by atoms with Crippen LogP contribution in [-0.2, 0) is 20.9 Å². The zero-order valence-corrected chi connectivity index (χ0v) is 13.1. The van der Waals surface area contributed by atoms with Crippen LogP contribution in [-0.4, -0.2) is 49.1 Å². The summed E-state index contributed by atoms with van der Waals surface area (Å²) in [5, 5.41) is 0. The second-order valence-electron chi connectivity index (χ2n) is 5.23. The minimum absolute atomic E-state index is 0.0435. The van der Waals surface area contributed by atoms with Gasteiger partial charge in [0, 0.05) is 11.9 Å². The molecule has 0 aliphatic carbocycles. The lowest BCUT2D eigenvalue weighted by Gasteiger charge is -2.30. The van der Waals surface area contributed by atoms with Gasteiger partial charge in [-0.2, -0.15) is 0 Å². The minimum atomic E-state index is -0.181. The highest BCUT2D eigenvalue weighted by molar-refractivity contribution is 6.18. The van der Waals surface area contributed by atoms with E-state index in [4.69, 9.17) is 21.1 Å². The van der Waals surface area contributed by atoms with Gasteiger partial charge in [0.25, 0.3) is 0 Å². The predicted octanol–water partition coefficient (Wildman–Crippen LogP) is 2.45. The molecule has 0 spiro atoms. The largest absolute Gasteiger partial charge is 0.468 e. The van der Waals surface area contributed by atoms with E-state index in [1.807, 2.05) is 30.3 Å². The van der Waals surface area contributed by atoms with Gasteiger partial charge in [-0.3, -0.25) is 9.69 Å². The number of halogens is 1. The maximum atomic E-state index is 11.8. The topological polar surface area (TPSA) is 38.8 Å². The van der Waals surface area contributed by atoms with Crippen molar-refractivity contribution in [1.29, 1.82) is 0 Å².